The van der Waals surface area contributed by atoms with Crippen molar-refractivity contribution in [2.75, 3.05) is 5.32 Å². The summed E-state index contributed by atoms with van der Waals surface area (Å²) in [6, 6.07) is 9.89. The third-order valence-corrected chi connectivity index (χ3v) is 3.98. The number of aromatic amines is 1. The second-order valence-electron chi connectivity index (χ2n) is 5.34. The molecule has 0 aliphatic heterocycles. The van der Waals surface area contributed by atoms with E-state index >= 15 is 0 Å². The Hall–Kier alpha value is -2.53. The predicted octanol–water partition coefficient (Wildman–Crippen LogP) is 4.16. The second kappa shape index (κ2) is 4.74. The molecule has 0 saturated carbocycles. The number of nitrogens with zero attached hydrogens (tertiary/aromatic N) is 3. The molecule has 0 aliphatic carbocycles. The highest BCUT2D eigenvalue weighted by Crippen LogP contribution is 2.27. The van der Waals surface area contributed by atoms with Crippen LogP contribution in [0, 0.1) is 6.92 Å². The van der Waals surface area contributed by atoms with Crippen LogP contribution in [0.2, 0.25) is 5.15 Å². The van der Waals surface area contributed by atoms with Crippen LogP contribution in [0.15, 0.2) is 36.5 Å². The van der Waals surface area contributed by atoms with Crippen molar-refractivity contribution in [3.05, 3.63) is 47.2 Å². The van der Waals surface area contributed by atoms with Crippen molar-refractivity contribution in [2.24, 2.45) is 7.05 Å². The van der Waals surface area contributed by atoms with E-state index in [0.29, 0.717) is 5.15 Å². The molecule has 22 heavy (non-hydrogen) atoms. The SMILES string of the molecule is Cc1ccc2nc(Nc3c[nH]c4ccc(Cl)nc34)n(C)c2c1. The third-order valence-electron chi connectivity index (χ3n) is 3.77. The molecule has 110 valence electrons. The third kappa shape index (κ3) is 2.02. The molecular weight excluding hydrogens is 298 g/mol. The fourth-order valence-corrected chi connectivity index (χ4v) is 2.75. The molecule has 0 amide bonds. The van der Waals surface area contributed by atoms with Crippen LogP contribution in [-0.4, -0.2) is 19.5 Å². The van der Waals surface area contributed by atoms with Gasteiger partial charge in [-0.3, -0.25) is 0 Å². The first-order valence-corrected chi connectivity index (χ1v) is 7.33. The Bertz CT molecular complexity index is 999. The molecule has 4 rings (SSSR count). The first-order chi connectivity index (χ1) is 10.6. The number of H-pyrrole nitrogens is 1. The van der Waals surface area contributed by atoms with Gasteiger partial charge in [-0.15, -0.1) is 0 Å². The molecule has 3 aromatic heterocycles. The molecule has 3 heterocycles. The van der Waals surface area contributed by atoms with Crippen LogP contribution >= 0.6 is 11.6 Å². The second-order valence-corrected chi connectivity index (χ2v) is 5.73. The highest BCUT2D eigenvalue weighted by molar-refractivity contribution is 6.29. The van der Waals surface area contributed by atoms with Gasteiger partial charge in [-0.2, -0.15) is 0 Å². The number of benzene rings is 1. The number of imidazole rings is 1. The first kappa shape index (κ1) is 13.2. The average molecular weight is 312 g/mol. The number of hydrogen-bond acceptors (Lipinski definition) is 3. The summed E-state index contributed by atoms with van der Waals surface area (Å²) in [7, 11) is 1.99. The Kier molecular flexibility index (Phi) is 2.84. The molecule has 1 aromatic carbocycles. The Labute approximate surface area is 132 Å². The number of pyridine rings is 1. The molecule has 0 radical (unpaired) electrons. The van der Waals surface area contributed by atoms with Crippen molar-refractivity contribution < 1.29 is 0 Å². The lowest BCUT2D eigenvalue weighted by atomic mass is 10.2. The minimum absolute atomic E-state index is 0.468. The van der Waals surface area contributed by atoms with Gasteiger partial charge < -0.3 is 14.9 Å². The van der Waals surface area contributed by atoms with Crippen molar-refractivity contribution in [3.63, 3.8) is 0 Å². The molecule has 0 unspecified atom stereocenters. The molecule has 5 nitrogen and oxygen atoms in total. The standard InChI is InChI=1S/C16H14ClN5/c1-9-3-4-10-13(7-9)22(2)16(19-10)20-12-8-18-11-5-6-14(17)21-15(11)12/h3-8,18H,1-2H3,(H,19,20). The molecule has 0 fully saturated rings. The van der Waals surface area contributed by atoms with E-state index in [1.807, 2.05) is 29.9 Å². The van der Waals surface area contributed by atoms with Crippen molar-refractivity contribution >= 4 is 45.3 Å². The smallest absolute Gasteiger partial charge is 0.208 e. The topological polar surface area (TPSA) is 58.5 Å². The highest BCUT2D eigenvalue weighted by atomic mass is 35.5. The van der Waals surface area contributed by atoms with Gasteiger partial charge in [0.1, 0.15) is 10.7 Å². The van der Waals surface area contributed by atoms with Crippen LogP contribution in [0.5, 0.6) is 0 Å². The molecule has 0 bridgehead atoms. The van der Waals surface area contributed by atoms with E-state index in [0.717, 1.165) is 33.7 Å². The summed E-state index contributed by atoms with van der Waals surface area (Å²) in [5.74, 6) is 0.767. The lowest BCUT2D eigenvalue weighted by Crippen LogP contribution is -1.98. The van der Waals surface area contributed by atoms with Crippen LogP contribution in [0.3, 0.4) is 0 Å². The van der Waals surface area contributed by atoms with Gasteiger partial charge in [0.2, 0.25) is 5.95 Å². The van der Waals surface area contributed by atoms with E-state index in [1.54, 1.807) is 6.07 Å². The maximum atomic E-state index is 5.99. The number of rotatable bonds is 2. The Balaban J connectivity index is 1.82. The summed E-state index contributed by atoms with van der Waals surface area (Å²) < 4.78 is 2.03. The molecule has 0 aliphatic rings. The van der Waals surface area contributed by atoms with E-state index in [1.165, 1.54) is 5.56 Å². The predicted molar refractivity (Wildman–Crippen MR) is 89.8 cm³/mol. The number of aromatic nitrogens is 4. The van der Waals surface area contributed by atoms with Crippen molar-refractivity contribution in [3.8, 4) is 0 Å². The van der Waals surface area contributed by atoms with Gasteiger partial charge in [0.25, 0.3) is 0 Å². The maximum Gasteiger partial charge on any atom is 0.208 e. The highest BCUT2D eigenvalue weighted by Gasteiger charge is 2.11. The van der Waals surface area contributed by atoms with E-state index in [4.69, 9.17) is 11.6 Å². The lowest BCUT2D eigenvalue weighted by Gasteiger charge is -2.04. The van der Waals surface area contributed by atoms with Gasteiger partial charge in [0, 0.05) is 13.2 Å². The molecule has 0 saturated heterocycles. The van der Waals surface area contributed by atoms with E-state index in [-0.39, 0.29) is 0 Å². The van der Waals surface area contributed by atoms with Crippen molar-refractivity contribution in [1.29, 1.82) is 0 Å². The number of anilines is 2. The number of halogens is 1. The van der Waals surface area contributed by atoms with Crippen molar-refractivity contribution in [2.45, 2.75) is 6.92 Å². The molecule has 0 spiro atoms. The molecular formula is C16H14ClN5. The van der Waals surface area contributed by atoms with Gasteiger partial charge in [0.05, 0.1) is 22.2 Å². The molecule has 4 aromatic rings. The minimum Gasteiger partial charge on any atom is -0.358 e. The number of fused-ring (bicyclic) bond motifs is 2. The summed E-state index contributed by atoms with van der Waals surface area (Å²) in [6.45, 7) is 2.07. The van der Waals surface area contributed by atoms with Gasteiger partial charge in [-0.25, -0.2) is 9.97 Å². The quantitative estimate of drug-likeness (QED) is 0.547. The largest absolute Gasteiger partial charge is 0.358 e. The molecule has 0 atom stereocenters. The molecule has 6 heteroatoms. The fourth-order valence-electron chi connectivity index (χ4n) is 2.60. The molecule has 2 N–H and O–H groups in total. The van der Waals surface area contributed by atoms with Crippen LogP contribution in [0.25, 0.3) is 22.1 Å². The van der Waals surface area contributed by atoms with E-state index in [2.05, 4.69) is 39.3 Å². The van der Waals surface area contributed by atoms with Gasteiger partial charge in [-0.05, 0) is 36.8 Å². The first-order valence-electron chi connectivity index (χ1n) is 6.95. The summed E-state index contributed by atoms with van der Waals surface area (Å²) in [4.78, 5) is 12.2. The summed E-state index contributed by atoms with van der Waals surface area (Å²) >= 11 is 5.99. The summed E-state index contributed by atoms with van der Waals surface area (Å²) in [5.41, 5.74) is 5.85. The van der Waals surface area contributed by atoms with Crippen LogP contribution in [-0.2, 0) is 7.05 Å². The van der Waals surface area contributed by atoms with Gasteiger partial charge in [-0.1, -0.05) is 17.7 Å². The van der Waals surface area contributed by atoms with Crippen LogP contribution in [0.1, 0.15) is 5.56 Å². The van der Waals surface area contributed by atoms with Gasteiger partial charge in [0.15, 0.2) is 0 Å². The van der Waals surface area contributed by atoms with Crippen LogP contribution < -0.4 is 5.32 Å². The van der Waals surface area contributed by atoms with E-state index in [9.17, 15) is 0 Å². The average Bonchev–Trinajstić information content (AvgIpc) is 3.02. The Morgan fingerprint density at radius 2 is 2.05 bits per heavy atom. The van der Waals surface area contributed by atoms with Crippen molar-refractivity contribution in [1.82, 2.24) is 19.5 Å². The Morgan fingerprint density at radius 1 is 1.18 bits per heavy atom. The Morgan fingerprint density at radius 3 is 2.91 bits per heavy atom. The fraction of sp³-hybridized carbons (Fsp3) is 0.125. The zero-order valence-corrected chi connectivity index (χ0v) is 12.9. The monoisotopic (exact) mass is 311 g/mol. The van der Waals surface area contributed by atoms with Gasteiger partial charge >= 0.3 is 0 Å². The van der Waals surface area contributed by atoms with E-state index < -0.39 is 0 Å². The zero-order valence-electron chi connectivity index (χ0n) is 12.2. The number of nitrogens with one attached hydrogen (secondary N) is 2. The lowest BCUT2D eigenvalue weighted by molar-refractivity contribution is 0.958. The number of hydrogen-bond donors (Lipinski definition) is 2. The normalized spacial score (nSPS) is 11.4. The maximum absolute atomic E-state index is 5.99. The summed E-state index contributed by atoms with van der Waals surface area (Å²) in [6.07, 6.45) is 1.87. The minimum atomic E-state index is 0.468. The summed E-state index contributed by atoms with van der Waals surface area (Å²) in [5, 5.41) is 3.80. The van der Waals surface area contributed by atoms with Crippen LogP contribution in [0.4, 0.5) is 11.6 Å². The zero-order chi connectivity index (χ0) is 15.3. The number of aryl methyl sites for hydroxylation is 2.